The van der Waals surface area contributed by atoms with Crippen LogP contribution in [0.3, 0.4) is 0 Å². The summed E-state index contributed by atoms with van der Waals surface area (Å²) >= 11 is 0. The van der Waals surface area contributed by atoms with Gasteiger partial charge >= 0.3 is 5.97 Å². The van der Waals surface area contributed by atoms with Gasteiger partial charge in [0.25, 0.3) is 0 Å². The van der Waals surface area contributed by atoms with Crippen LogP contribution in [0.4, 0.5) is 0 Å². The van der Waals surface area contributed by atoms with E-state index in [9.17, 15) is 10.1 Å². The predicted octanol–water partition coefficient (Wildman–Crippen LogP) is 5.84. The molecule has 3 aromatic rings. The lowest BCUT2D eigenvalue weighted by atomic mass is 9.87. The zero-order chi connectivity index (χ0) is 25.1. The molecule has 6 heteroatoms. The van der Waals surface area contributed by atoms with Crippen LogP contribution in [0.2, 0.25) is 0 Å². The molecule has 0 bridgehead atoms. The van der Waals surface area contributed by atoms with Crippen molar-refractivity contribution in [2.24, 2.45) is 0 Å². The van der Waals surface area contributed by atoms with Crippen LogP contribution >= 0.6 is 0 Å². The molecule has 0 spiro atoms. The average Bonchev–Trinajstić information content (AvgIpc) is 2.84. The minimum Gasteiger partial charge on any atom is -0.465 e. The first-order valence-corrected chi connectivity index (χ1v) is 12.1. The second-order valence-corrected chi connectivity index (χ2v) is 9.54. The molecule has 180 valence electrons. The van der Waals surface area contributed by atoms with Gasteiger partial charge in [-0.2, -0.15) is 5.26 Å². The van der Waals surface area contributed by atoms with Crippen molar-refractivity contribution in [2.45, 2.75) is 65.6 Å². The van der Waals surface area contributed by atoms with E-state index >= 15 is 0 Å². The molecule has 0 N–H and O–H groups in total. The van der Waals surface area contributed by atoms with Gasteiger partial charge in [0.1, 0.15) is 0 Å². The Morgan fingerprint density at radius 1 is 1.00 bits per heavy atom. The number of benzene rings is 1. The molecule has 1 fully saturated rings. The van der Waals surface area contributed by atoms with Gasteiger partial charge < -0.3 is 4.74 Å². The average molecular weight is 469 g/mol. The minimum absolute atomic E-state index is 0.0815. The lowest BCUT2D eigenvalue weighted by Crippen LogP contribution is -2.38. The lowest BCUT2D eigenvalue weighted by molar-refractivity contribution is 0.0574. The van der Waals surface area contributed by atoms with Gasteiger partial charge in [-0.25, -0.2) is 4.79 Å². The molecule has 1 aliphatic heterocycles. The largest absolute Gasteiger partial charge is 0.465 e. The van der Waals surface area contributed by atoms with Crippen molar-refractivity contribution < 1.29 is 9.53 Å². The second-order valence-electron chi connectivity index (χ2n) is 9.54. The molecular formula is C29H32N4O2. The molecule has 35 heavy (non-hydrogen) atoms. The van der Waals surface area contributed by atoms with Gasteiger partial charge in [-0.05, 0) is 86.9 Å². The van der Waals surface area contributed by atoms with Crippen molar-refractivity contribution in [2.75, 3.05) is 7.11 Å². The molecule has 0 amide bonds. The molecule has 0 radical (unpaired) electrons. The quantitative estimate of drug-likeness (QED) is 0.438. The Morgan fingerprint density at radius 2 is 1.57 bits per heavy atom. The van der Waals surface area contributed by atoms with Crippen LogP contribution in [-0.2, 0) is 11.3 Å². The number of carbonyl (C=O) groups is 1. The number of aryl methyl sites for hydroxylation is 4. The van der Waals surface area contributed by atoms with Crippen molar-refractivity contribution in [3.63, 3.8) is 0 Å². The van der Waals surface area contributed by atoms with Crippen LogP contribution in [0.15, 0.2) is 42.7 Å². The van der Waals surface area contributed by atoms with Crippen LogP contribution in [0, 0.1) is 39.0 Å². The highest BCUT2D eigenvalue weighted by molar-refractivity contribution is 5.91. The third-order valence-corrected chi connectivity index (χ3v) is 6.90. The topological polar surface area (TPSA) is 79.1 Å². The molecular weight excluding hydrogens is 436 g/mol. The van der Waals surface area contributed by atoms with Crippen LogP contribution in [0.1, 0.15) is 86.5 Å². The molecule has 0 unspecified atom stereocenters. The van der Waals surface area contributed by atoms with Gasteiger partial charge in [0.2, 0.25) is 0 Å². The first kappa shape index (κ1) is 24.6. The third-order valence-electron chi connectivity index (χ3n) is 6.90. The smallest absolute Gasteiger partial charge is 0.338 e. The fourth-order valence-corrected chi connectivity index (χ4v) is 5.29. The van der Waals surface area contributed by atoms with Gasteiger partial charge in [-0.3, -0.25) is 14.9 Å². The number of ether oxygens (including phenoxy) is 1. The molecule has 2 atom stereocenters. The number of esters is 1. The molecule has 0 aliphatic carbocycles. The maximum absolute atomic E-state index is 12.7. The highest BCUT2D eigenvalue weighted by Crippen LogP contribution is 2.43. The van der Waals surface area contributed by atoms with E-state index in [1.54, 1.807) is 12.1 Å². The van der Waals surface area contributed by atoms with E-state index in [-0.39, 0.29) is 12.1 Å². The highest BCUT2D eigenvalue weighted by atomic mass is 16.5. The first-order chi connectivity index (χ1) is 16.8. The summed E-state index contributed by atoms with van der Waals surface area (Å²) in [6.45, 7) is 8.88. The Balaban J connectivity index is 1.84. The molecule has 1 aliphatic rings. The normalized spacial score (nSPS) is 18.2. The number of rotatable bonds is 5. The highest BCUT2D eigenvalue weighted by Gasteiger charge is 2.36. The number of methoxy groups -OCH3 is 1. The maximum Gasteiger partial charge on any atom is 0.338 e. The number of likely N-dealkylation sites (tertiary alicyclic amines) is 1. The minimum atomic E-state index is -0.434. The van der Waals surface area contributed by atoms with E-state index in [4.69, 9.17) is 14.7 Å². The Hall–Kier alpha value is -3.56. The summed E-state index contributed by atoms with van der Waals surface area (Å²) in [4.78, 5) is 24.8. The zero-order valence-corrected chi connectivity index (χ0v) is 21.1. The zero-order valence-electron chi connectivity index (χ0n) is 21.1. The fraction of sp³-hybridized carbons (Fsp3) is 0.379. The lowest BCUT2D eigenvalue weighted by Gasteiger charge is -2.43. The summed E-state index contributed by atoms with van der Waals surface area (Å²) in [5, 5.41) is 9.39. The summed E-state index contributed by atoms with van der Waals surface area (Å²) in [5.41, 5.74) is 8.45. The van der Waals surface area contributed by atoms with Crippen LogP contribution < -0.4 is 0 Å². The predicted molar refractivity (Wildman–Crippen MR) is 135 cm³/mol. The molecule has 6 nitrogen and oxygen atoms in total. The number of pyridine rings is 2. The van der Waals surface area contributed by atoms with Crippen LogP contribution in [0.25, 0.3) is 0 Å². The fourth-order valence-electron chi connectivity index (χ4n) is 5.29. The SMILES string of the molecule is COC(=O)c1cc(C#N)ccc1CN1[C@@H](c2ncc(C)cc2C)CCC[C@H]1c1ncc(C)cc1C. The third kappa shape index (κ3) is 5.11. The van der Waals surface area contributed by atoms with E-state index in [0.717, 1.165) is 47.3 Å². The van der Waals surface area contributed by atoms with E-state index < -0.39 is 5.97 Å². The van der Waals surface area contributed by atoms with Crippen LogP contribution in [-0.4, -0.2) is 27.9 Å². The molecule has 3 heterocycles. The van der Waals surface area contributed by atoms with Gasteiger partial charge in [-0.15, -0.1) is 0 Å². The van der Waals surface area contributed by atoms with Gasteiger partial charge in [-0.1, -0.05) is 18.2 Å². The first-order valence-electron chi connectivity index (χ1n) is 12.1. The number of carbonyl (C=O) groups excluding carboxylic acids is 1. The van der Waals surface area contributed by atoms with Crippen molar-refractivity contribution in [3.05, 3.63) is 93.1 Å². The molecule has 4 rings (SSSR count). The van der Waals surface area contributed by atoms with E-state index in [1.165, 1.54) is 18.2 Å². The summed E-state index contributed by atoms with van der Waals surface area (Å²) in [6, 6.07) is 11.9. The van der Waals surface area contributed by atoms with Gasteiger partial charge in [0.15, 0.2) is 0 Å². The molecule has 2 aromatic heterocycles. The standard InChI is InChI=1S/C29H32N4O2/c1-18-11-20(3)27(31-15-18)25-7-6-8-26(28-21(4)12-19(2)16-32-28)33(25)17-23-10-9-22(14-30)13-24(23)29(34)35-5/h9-13,15-16,25-26H,6-8,17H2,1-5H3/t25-,26+. The number of hydrogen-bond acceptors (Lipinski definition) is 6. The number of hydrogen-bond donors (Lipinski definition) is 0. The van der Waals surface area contributed by atoms with Crippen molar-refractivity contribution in [3.8, 4) is 6.07 Å². The molecule has 0 saturated carbocycles. The Morgan fingerprint density at radius 3 is 2.06 bits per heavy atom. The molecule has 1 saturated heterocycles. The molecule has 1 aromatic carbocycles. The Kier molecular flexibility index (Phi) is 7.28. The number of aromatic nitrogens is 2. The van der Waals surface area contributed by atoms with E-state index in [1.807, 2.05) is 18.5 Å². The van der Waals surface area contributed by atoms with Crippen molar-refractivity contribution in [1.82, 2.24) is 14.9 Å². The second kappa shape index (κ2) is 10.4. The summed E-state index contributed by atoms with van der Waals surface area (Å²) in [6.07, 6.45) is 6.87. The van der Waals surface area contributed by atoms with Gasteiger partial charge in [0, 0.05) is 18.9 Å². The van der Waals surface area contributed by atoms with E-state index in [0.29, 0.717) is 17.7 Å². The number of nitriles is 1. The summed E-state index contributed by atoms with van der Waals surface area (Å²) in [5.74, 6) is -0.434. The van der Waals surface area contributed by atoms with Gasteiger partial charge in [0.05, 0.1) is 47.8 Å². The maximum atomic E-state index is 12.7. The summed E-state index contributed by atoms with van der Waals surface area (Å²) in [7, 11) is 1.37. The van der Waals surface area contributed by atoms with Crippen molar-refractivity contribution >= 4 is 5.97 Å². The van der Waals surface area contributed by atoms with Crippen LogP contribution in [0.5, 0.6) is 0 Å². The summed E-state index contributed by atoms with van der Waals surface area (Å²) < 4.78 is 5.06. The van der Waals surface area contributed by atoms with Crippen molar-refractivity contribution in [1.29, 1.82) is 5.26 Å². The van der Waals surface area contributed by atoms with E-state index in [2.05, 4.69) is 50.8 Å². The Labute approximate surface area is 207 Å². The number of piperidine rings is 1. The Bertz CT molecular complexity index is 1230. The number of nitrogens with zero attached hydrogens (tertiary/aromatic N) is 4. The monoisotopic (exact) mass is 468 g/mol.